The molecule has 2 aromatic heterocycles. The van der Waals surface area contributed by atoms with Gasteiger partial charge in [0.25, 0.3) is 0 Å². The van der Waals surface area contributed by atoms with Crippen molar-refractivity contribution in [2.75, 3.05) is 19.7 Å². The standard InChI is InChI=1S/C22H22F3N5O2/c1-14-10-15(2)30(28-14)13-19(31)29-8-9-32-18(12-29)21-20(26-6-7-27-21)16-4-3-5-17(11-16)22(23,24)25/h3-7,10-11,18H,8-9,12-13H2,1-2H3. The van der Waals surface area contributed by atoms with Crippen molar-refractivity contribution in [1.29, 1.82) is 0 Å². The predicted octanol–water partition coefficient (Wildman–Crippen LogP) is 3.58. The van der Waals surface area contributed by atoms with Crippen molar-refractivity contribution in [3.63, 3.8) is 0 Å². The van der Waals surface area contributed by atoms with Crippen molar-refractivity contribution in [2.24, 2.45) is 0 Å². The summed E-state index contributed by atoms with van der Waals surface area (Å²) < 4.78 is 47.0. The van der Waals surface area contributed by atoms with E-state index in [2.05, 4.69) is 15.1 Å². The van der Waals surface area contributed by atoms with Crippen molar-refractivity contribution in [2.45, 2.75) is 32.7 Å². The van der Waals surface area contributed by atoms with Gasteiger partial charge in [0, 0.05) is 30.2 Å². The topological polar surface area (TPSA) is 73.1 Å². The molecule has 3 aromatic rings. The molecule has 0 N–H and O–H groups in total. The summed E-state index contributed by atoms with van der Waals surface area (Å²) in [5.41, 5.74) is 1.95. The highest BCUT2D eigenvalue weighted by atomic mass is 19.4. The van der Waals surface area contributed by atoms with E-state index < -0.39 is 17.8 Å². The summed E-state index contributed by atoms with van der Waals surface area (Å²) in [6.07, 6.45) is -2.18. The Morgan fingerprint density at radius 1 is 1.19 bits per heavy atom. The monoisotopic (exact) mass is 445 g/mol. The lowest BCUT2D eigenvalue weighted by Gasteiger charge is -2.33. The summed E-state index contributed by atoms with van der Waals surface area (Å²) in [6, 6.07) is 6.84. The Hall–Kier alpha value is -3.27. The number of nitrogens with zero attached hydrogens (tertiary/aromatic N) is 5. The van der Waals surface area contributed by atoms with E-state index in [0.717, 1.165) is 23.5 Å². The number of carbonyl (C=O) groups excluding carboxylic acids is 1. The van der Waals surface area contributed by atoms with Gasteiger partial charge in [-0.1, -0.05) is 12.1 Å². The summed E-state index contributed by atoms with van der Waals surface area (Å²) in [4.78, 5) is 23.1. The number of amides is 1. The number of alkyl halides is 3. The van der Waals surface area contributed by atoms with Crippen LogP contribution in [0.15, 0.2) is 42.7 Å². The highest BCUT2D eigenvalue weighted by molar-refractivity contribution is 5.76. The first-order valence-corrected chi connectivity index (χ1v) is 10.1. The molecule has 1 amide bonds. The number of hydrogen-bond donors (Lipinski definition) is 0. The van der Waals surface area contributed by atoms with E-state index in [1.807, 2.05) is 19.9 Å². The molecule has 1 atom stereocenters. The number of carbonyl (C=O) groups is 1. The number of aryl methyl sites for hydroxylation is 2. The fourth-order valence-electron chi connectivity index (χ4n) is 3.75. The first kappa shape index (κ1) is 21.9. The van der Waals surface area contributed by atoms with Crippen LogP contribution in [0, 0.1) is 13.8 Å². The minimum absolute atomic E-state index is 0.105. The zero-order chi connectivity index (χ0) is 22.9. The van der Waals surface area contributed by atoms with E-state index in [1.54, 1.807) is 15.6 Å². The molecule has 168 valence electrons. The van der Waals surface area contributed by atoms with Crippen LogP contribution < -0.4 is 0 Å². The van der Waals surface area contributed by atoms with Crippen molar-refractivity contribution in [3.8, 4) is 11.3 Å². The van der Waals surface area contributed by atoms with Gasteiger partial charge >= 0.3 is 6.18 Å². The van der Waals surface area contributed by atoms with Crippen LogP contribution in [-0.4, -0.2) is 50.3 Å². The third-order valence-electron chi connectivity index (χ3n) is 5.30. The van der Waals surface area contributed by atoms with Crippen LogP contribution >= 0.6 is 0 Å². The van der Waals surface area contributed by atoms with E-state index in [0.29, 0.717) is 17.9 Å². The largest absolute Gasteiger partial charge is 0.416 e. The number of rotatable bonds is 4. The third-order valence-corrected chi connectivity index (χ3v) is 5.30. The van der Waals surface area contributed by atoms with Crippen molar-refractivity contribution in [1.82, 2.24) is 24.6 Å². The van der Waals surface area contributed by atoms with Gasteiger partial charge < -0.3 is 9.64 Å². The Bertz CT molecular complexity index is 1130. The molecule has 1 fully saturated rings. The van der Waals surface area contributed by atoms with Crippen LogP contribution in [0.4, 0.5) is 13.2 Å². The Morgan fingerprint density at radius 3 is 2.69 bits per heavy atom. The SMILES string of the molecule is Cc1cc(C)n(CC(=O)N2CCOC(c3nccnc3-c3cccc(C(F)(F)F)c3)C2)n1. The Morgan fingerprint density at radius 2 is 1.97 bits per heavy atom. The van der Waals surface area contributed by atoms with Crippen LogP contribution in [0.25, 0.3) is 11.3 Å². The molecule has 1 aliphatic heterocycles. The molecule has 10 heteroatoms. The van der Waals surface area contributed by atoms with E-state index in [9.17, 15) is 18.0 Å². The maximum atomic E-state index is 13.2. The van der Waals surface area contributed by atoms with Gasteiger partial charge in [0.1, 0.15) is 12.6 Å². The Balaban J connectivity index is 1.57. The summed E-state index contributed by atoms with van der Waals surface area (Å²) >= 11 is 0. The molecule has 3 heterocycles. The van der Waals surface area contributed by atoms with E-state index in [-0.39, 0.29) is 31.2 Å². The summed E-state index contributed by atoms with van der Waals surface area (Å²) in [5, 5.41) is 4.33. The molecule has 0 saturated carbocycles. The van der Waals surface area contributed by atoms with Crippen LogP contribution in [0.5, 0.6) is 0 Å². The molecule has 4 rings (SSSR count). The average molecular weight is 445 g/mol. The average Bonchev–Trinajstić information content (AvgIpc) is 3.09. The predicted molar refractivity (Wildman–Crippen MR) is 109 cm³/mol. The van der Waals surface area contributed by atoms with Crippen LogP contribution in [0.3, 0.4) is 0 Å². The smallest absolute Gasteiger partial charge is 0.368 e. The fourth-order valence-corrected chi connectivity index (χ4v) is 3.75. The highest BCUT2D eigenvalue weighted by Crippen LogP contribution is 2.34. The normalized spacial score (nSPS) is 16.9. The van der Waals surface area contributed by atoms with Crippen LogP contribution in [-0.2, 0) is 22.3 Å². The molecule has 1 saturated heterocycles. The van der Waals surface area contributed by atoms with Crippen molar-refractivity contribution in [3.05, 3.63) is 65.4 Å². The minimum Gasteiger partial charge on any atom is -0.368 e. The van der Waals surface area contributed by atoms with Gasteiger partial charge in [0.05, 0.1) is 35.8 Å². The number of morpholine rings is 1. The molecule has 1 aliphatic rings. The van der Waals surface area contributed by atoms with Gasteiger partial charge in [-0.05, 0) is 32.0 Å². The second kappa shape index (κ2) is 8.70. The Kier molecular flexibility index (Phi) is 5.96. The number of benzene rings is 1. The van der Waals surface area contributed by atoms with Gasteiger partial charge in [-0.15, -0.1) is 0 Å². The second-order valence-corrected chi connectivity index (χ2v) is 7.65. The van der Waals surface area contributed by atoms with Crippen molar-refractivity contribution < 1.29 is 22.7 Å². The van der Waals surface area contributed by atoms with E-state index >= 15 is 0 Å². The number of halogens is 3. The van der Waals surface area contributed by atoms with E-state index in [1.165, 1.54) is 18.5 Å². The van der Waals surface area contributed by atoms with Crippen molar-refractivity contribution >= 4 is 5.91 Å². The zero-order valence-corrected chi connectivity index (χ0v) is 17.6. The quantitative estimate of drug-likeness (QED) is 0.614. The Labute approximate surface area is 182 Å². The molecular formula is C22H22F3N5O2. The number of aromatic nitrogens is 4. The lowest BCUT2D eigenvalue weighted by atomic mass is 10.0. The molecule has 1 unspecified atom stereocenters. The van der Waals surface area contributed by atoms with Gasteiger partial charge in [-0.25, -0.2) is 0 Å². The maximum Gasteiger partial charge on any atom is 0.416 e. The van der Waals surface area contributed by atoms with Crippen LogP contribution in [0.1, 0.15) is 28.7 Å². The first-order valence-electron chi connectivity index (χ1n) is 10.1. The number of ether oxygens (including phenoxy) is 1. The first-order chi connectivity index (χ1) is 15.2. The summed E-state index contributed by atoms with van der Waals surface area (Å²) in [5.74, 6) is -0.117. The molecule has 32 heavy (non-hydrogen) atoms. The number of hydrogen-bond acceptors (Lipinski definition) is 5. The molecule has 7 nitrogen and oxygen atoms in total. The lowest BCUT2D eigenvalue weighted by molar-refractivity contribution is -0.140. The summed E-state index contributed by atoms with van der Waals surface area (Å²) in [7, 11) is 0. The lowest BCUT2D eigenvalue weighted by Crippen LogP contribution is -2.44. The second-order valence-electron chi connectivity index (χ2n) is 7.65. The molecular weight excluding hydrogens is 423 g/mol. The van der Waals surface area contributed by atoms with Crippen LogP contribution in [0.2, 0.25) is 0 Å². The van der Waals surface area contributed by atoms with Gasteiger partial charge in [-0.2, -0.15) is 18.3 Å². The molecule has 0 spiro atoms. The van der Waals surface area contributed by atoms with Gasteiger partial charge in [-0.3, -0.25) is 19.4 Å². The van der Waals surface area contributed by atoms with E-state index in [4.69, 9.17) is 4.74 Å². The van der Waals surface area contributed by atoms with Gasteiger partial charge in [0.2, 0.25) is 5.91 Å². The summed E-state index contributed by atoms with van der Waals surface area (Å²) in [6.45, 7) is 4.77. The highest BCUT2D eigenvalue weighted by Gasteiger charge is 2.32. The fraction of sp³-hybridized carbons (Fsp3) is 0.364. The molecule has 1 aromatic carbocycles. The van der Waals surface area contributed by atoms with Gasteiger partial charge in [0.15, 0.2) is 0 Å². The third kappa shape index (κ3) is 4.64. The molecule has 0 radical (unpaired) electrons. The molecule has 0 aliphatic carbocycles. The maximum absolute atomic E-state index is 13.2. The minimum atomic E-state index is -4.47. The molecule has 0 bridgehead atoms. The zero-order valence-electron chi connectivity index (χ0n) is 17.6.